The van der Waals surface area contributed by atoms with Gasteiger partial charge in [-0.3, -0.25) is 4.79 Å². The van der Waals surface area contributed by atoms with E-state index in [-0.39, 0.29) is 17.9 Å². The van der Waals surface area contributed by atoms with Crippen molar-refractivity contribution in [1.82, 2.24) is 0 Å². The molecule has 0 fully saturated rings. The Kier molecular flexibility index (Phi) is 35.9. The molecule has 7 nitrogen and oxygen atoms in total. The van der Waals surface area contributed by atoms with E-state index >= 15 is 0 Å². The number of hydrogen-bond donors (Lipinski definition) is 2. The van der Waals surface area contributed by atoms with Crippen molar-refractivity contribution in [1.29, 1.82) is 0 Å². The number of rotatable bonds is 3. The number of ketones is 1. The molecule has 0 amide bonds. The highest BCUT2D eigenvalue weighted by Crippen LogP contribution is 1.65. The van der Waals surface area contributed by atoms with Gasteiger partial charge in [-0.15, -0.1) is 0 Å². The first kappa shape index (κ1) is 23.5. The molecule has 0 aromatic heterocycles. The fourth-order valence-corrected chi connectivity index (χ4v) is 0.203. The smallest absolute Gasteiger partial charge is 0.329 e. The average Bonchev–Trinajstić information content (AvgIpc) is 2.06. The number of aliphatic hydroxyl groups excluding tert-OH is 1. The van der Waals surface area contributed by atoms with Crippen LogP contribution in [0.2, 0.25) is 0 Å². The highest BCUT2D eigenvalue weighted by Gasteiger charge is 1.83. The number of hydrogen-bond acceptors (Lipinski definition) is 5. The van der Waals surface area contributed by atoms with Crippen molar-refractivity contribution in [2.75, 3.05) is 20.3 Å². The highest BCUT2D eigenvalue weighted by atomic mass is 16.5. The Labute approximate surface area is 88.0 Å². The summed E-state index contributed by atoms with van der Waals surface area (Å²) in [4.78, 5) is 27.8. The first-order valence-corrected chi connectivity index (χ1v) is 3.67. The lowest BCUT2D eigenvalue weighted by atomic mass is 10.5. The minimum Gasteiger partial charge on any atom is -0.480 e. The number of aliphatic hydroxyl groups is 1. The van der Waals surface area contributed by atoms with Crippen LogP contribution in [0.5, 0.6) is 0 Å². The summed E-state index contributed by atoms with van der Waals surface area (Å²) in [7, 11) is 1.50. The first-order valence-electron chi connectivity index (χ1n) is 3.67. The summed E-state index contributed by atoms with van der Waals surface area (Å²) >= 11 is 0. The van der Waals surface area contributed by atoms with Crippen molar-refractivity contribution in [3.8, 4) is 0 Å². The van der Waals surface area contributed by atoms with Gasteiger partial charge in [-0.2, -0.15) is 0 Å². The second kappa shape index (κ2) is 23.0. The zero-order chi connectivity index (χ0) is 12.0. The molecule has 92 valence electrons. The summed E-state index contributed by atoms with van der Waals surface area (Å²) in [6, 6.07) is 0. The van der Waals surface area contributed by atoms with Crippen molar-refractivity contribution in [3.05, 3.63) is 0 Å². The molecule has 15 heavy (non-hydrogen) atoms. The molecule has 7 heteroatoms. The Bertz CT molecular complexity index is 155. The third-order valence-corrected chi connectivity index (χ3v) is 0.483. The molecule has 0 aliphatic carbocycles. The van der Waals surface area contributed by atoms with E-state index in [1.54, 1.807) is 0 Å². The SMILES string of the molecule is CC=O.COCC(C)=O.O.O=C(O)CO. The maximum atomic E-state index is 9.92. The second-order valence-electron chi connectivity index (χ2n) is 1.92. The Morgan fingerprint density at radius 1 is 1.40 bits per heavy atom. The monoisotopic (exact) mass is 226 g/mol. The quantitative estimate of drug-likeness (QED) is 0.572. The van der Waals surface area contributed by atoms with Gasteiger partial charge in [0.15, 0.2) is 5.78 Å². The van der Waals surface area contributed by atoms with Gasteiger partial charge < -0.3 is 25.2 Å². The minimum absolute atomic E-state index is 0. The van der Waals surface area contributed by atoms with Crippen LogP contribution in [0.1, 0.15) is 13.8 Å². The summed E-state index contributed by atoms with van der Waals surface area (Å²) in [5, 5.41) is 15.0. The molecule has 4 N–H and O–H groups in total. The van der Waals surface area contributed by atoms with E-state index in [1.807, 2.05) is 0 Å². The van der Waals surface area contributed by atoms with Crippen molar-refractivity contribution < 1.29 is 34.8 Å². The third kappa shape index (κ3) is 107. The lowest BCUT2D eigenvalue weighted by Crippen LogP contribution is -1.98. The predicted octanol–water partition coefficient (Wildman–Crippen LogP) is -1.33. The van der Waals surface area contributed by atoms with Crippen LogP contribution >= 0.6 is 0 Å². The molecule has 0 radical (unpaired) electrons. The number of ether oxygens (including phenoxy) is 1. The molecule has 0 spiro atoms. The molecule has 0 unspecified atom stereocenters. The van der Waals surface area contributed by atoms with Crippen LogP contribution in [0.4, 0.5) is 0 Å². The topological polar surface area (TPSA) is 132 Å². The molecule has 0 saturated carbocycles. The van der Waals surface area contributed by atoms with Crippen LogP contribution in [0.3, 0.4) is 0 Å². The molecule has 0 bridgehead atoms. The largest absolute Gasteiger partial charge is 0.480 e. The van der Waals surface area contributed by atoms with E-state index < -0.39 is 12.6 Å². The fraction of sp³-hybridized carbons (Fsp3) is 0.625. The summed E-state index contributed by atoms with van der Waals surface area (Å²) < 4.78 is 4.45. The molecule has 0 rings (SSSR count). The minimum atomic E-state index is -1.19. The van der Waals surface area contributed by atoms with E-state index in [1.165, 1.54) is 21.0 Å². The Morgan fingerprint density at radius 3 is 1.67 bits per heavy atom. The van der Waals surface area contributed by atoms with Gasteiger partial charge in [0.05, 0.1) is 0 Å². The molecule has 0 saturated heterocycles. The van der Waals surface area contributed by atoms with Crippen molar-refractivity contribution in [2.24, 2.45) is 0 Å². The van der Waals surface area contributed by atoms with E-state index in [2.05, 4.69) is 4.74 Å². The zero-order valence-electron chi connectivity index (χ0n) is 9.02. The number of aldehydes is 1. The Morgan fingerprint density at radius 2 is 1.67 bits per heavy atom. The number of aliphatic carboxylic acids is 1. The molecule has 0 heterocycles. The number of Topliss-reactive ketones (excluding diaryl/α,β-unsaturated/α-hetero) is 1. The summed E-state index contributed by atoms with van der Waals surface area (Å²) in [6.07, 6.45) is 0.750. The van der Waals surface area contributed by atoms with Crippen LogP contribution in [0.25, 0.3) is 0 Å². The van der Waals surface area contributed by atoms with Gasteiger partial charge in [-0.05, 0) is 13.8 Å². The number of carboxylic acids is 1. The van der Waals surface area contributed by atoms with Crippen LogP contribution in [0.15, 0.2) is 0 Å². The van der Waals surface area contributed by atoms with Crippen LogP contribution < -0.4 is 0 Å². The molecule has 0 aliphatic rings. The lowest BCUT2D eigenvalue weighted by Gasteiger charge is -1.84. The standard InChI is InChI=1S/C4H8O2.C2H4O3.C2H4O.H2O/c1-4(5)3-6-2;3-1-2(4)5;1-2-3;/h3H2,1-2H3;3H,1H2,(H,4,5);2H,1H3;1H2. The number of carbonyl (C=O) groups is 3. The molecule has 0 aromatic rings. The van der Waals surface area contributed by atoms with Gasteiger partial charge in [0, 0.05) is 7.11 Å². The summed E-state index contributed by atoms with van der Waals surface area (Å²) in [5.41, 5.74) is 0. The van der Waals surface area contributed by atoms with Gasteiger partial charge >= 0.3 is 5.97 Å². The Hall–Kier alpha value is -1.31. The first-order chi connectivity index (χ1) is 6.45. The van der Waals surface area contributed by atoms with Gasteiger partial charge in [0.2, 0.25) is 0 Å². The van der Waals surface area contributed by atoms with Gasteiger partial charge in [-0.25, -0.2) is 4.79 Å². The molecular weight excluding hydrogens is 208 g/mol. The molecular formula is C8H18O7. The lowest BCUT2D eigenvalue weighted by molar-refractivity contribution is -0.140. The summed E-state index contributed by atoms with van der Waals surface area (Å²) in [5.74, 6) is -1.12. The average molecular weight is 226 g/mol. The molecule has 0 aromatic carbocycles. The number of carbonyl (C=O) groups excluding carboxylic acids is 2. The fourth-order valence-electron chi connectivity index (χ4n) is 0.203. The van der Waals surface area contributed by atoms with Crippen LogP contribution in [-0.2, 0) is 19.1 Å². The zero-order valence-corrected chi connectivity index (χ0v) is 9.02. The van der Waals surface area contributed by atoms with E-state index in [0.717, 1.165) is 6.29 Å². The van der Waals surface area contributed by atoms with Crippen LogP contribution in [-0.4, -0.2) is 54.1 Å². The maximum absolute atomic E-state index is 9.92. The van der Waals surface area contributed by atoms with E-state index in [0.29, 0.717) is 0 Å². The number of carboxylic acid groups (broad SMARTS) is 1. The van der Waals surface area contributed by atoms with Gasteiger partial charge in [0.1, 0.15) is 19.5 Å². The van der Waals surface area contributed by atoms with E-state index in [4.69, 9.17) is 19.8 Å². The molecule has 0 aliphatic heterocycles. The third-order valence-electron chi connectivity index (χ3n) is 0.483. The van der Waals surface area contributed by atoms with Crippen molar-refractivity contribution >= 4 is 18.0 Å². The second-order valence-corrected chi connectivity index (χ2v) is 1.92. The highest BCUT2D eigenvalue weighted by molar-refractivity contribution is 5.76. The van der Waals surface area contributed by atoms with Crippen molar-refractivity contribution in [3.63, 3.8) is 0 Å². The predicted molar refractivity (Wildman–Crippen MR) is 52.6 cm³/mol. The Balaban J connectivity index is -0.0000000617. The van der Waals surface area contributed by atoms with E-state index in [9.17, 15) is 4.79 Å². The van der Waals surface area contributed by atoms with Crippen LogP contribution in [0, 0.1) is 0 Å². The number of methoxy groups -OCH3 is 1. The van der Waals surface area contributed by atoms with Gasteiger partial charge in [-0.1, -0.05) is 0 Å². The maximum Gasteiger partial charge on any atom is 0.329 e. The van der Waals surface area contributed by atoms with Gasteiger partial charge in [0.25, 0.3) is 0 Å². The normalized spacial score (nSPS) is 6.67. The summed E-state index contributed by atoms with van der Waals surface area (Å²) in [6.45, 7) is 2.39. The molecule has 0 atom stereocenters. The van der Waals surface area contributed by atoms with Crippen molar-refractivity contribution in [2.45, 2.75) is 13.8 Å².